The normalized spacial score (nSPS) is 10.8. The van der Waals surface area contributed by atoms with Crippen LogP contribution in [0.2, 0.25) is 0 Å². The van der Waals surface area contributed by atoms with Gasteiger partial charge in [0, 0.05) is 5.38 Å². The van der Waals surface area contributed by atoms with Gasteiger partial charge >= 0.3 is 0 Å². The smallest absolute Gasteiger partial charge is 0.246 e. The maximum atomic E-state index is 11.6. The molecule has 6 heteroatoms. The summed E-state index contributed by atoms with van der Waals surface area (Å²) in [4.78, 5) is 15.8. The van der Waals surface area contributed by atoms with E-state index in [1.165, 1.54) is 17.6 Å². The van der Waals surface area contributed by atoms with Crippen LogP contribution < -0.4 is 5.43 Å². The van der Waals surface area contributed by atoms with Gasteiger partial charge in [-0.1, -0.05) is 0 Å². The van der Waals surface area contributed by atoms with Crippen molar-refractivity contribution in [1.29, 1.82) is 0 Å². The van der Waals surface area contributed by atoms with Gasteiger partial charge in [-0.15, -0.1) is 11.3 Å². The summed E-state index contributed by atoms with van der Waals surface area (Å²) in [5.41, 5.74) is 3.98. The van der Waals surface area contributed by atoms with Gasteiger partial charge in [-0.3, -0.25) is 4.79 Å². The molecule has 0 aliphatic rings. The number of amides is 1. The highest BCUT2D eigenvalue weighted by Crippen LogP contribution is 2.08. The molecule has 1 heterocycles. The lowest BCUT2D eigenvalue weighted by molar-refractivity contribution is -0.120. The second-order valence-corrected chi connectivity index (χ2v) is 4.98. The molecule has 2 N–H and O–H groups in total. The maximum absolute atomic E-state index is 11.6. The molecule has 1 aromatic carbocycles. The summed E-state index contributed by atoms with van der Waals surface area (Å²) >= 11 is 1.52. The van der Waals surface area contributed by atoms with Crippen molar-refractivity contribution in [2.45, 2.75) is 13.3 Å². The van der Waals surface area contributed by atoms with Crippen LogP contribution >= 0.6 is 11.3 Å². The molecule has 0 aliphatic heterocycles. The highest BCUT2D eigenvalue weighted by Gasteiger charge is 2.04. The second kappa shape index (κ2) is 6.10. The molecule has 0 aliphatic carbocycles. The zero-order chi connectivity index (χ0) is 13.7. The van der Waals surface area contributed by atoms with Gasteiger partial charge in [-0.2, -0.15) is 5.10 Å². The first-order valence-electron chi connectivity index (χ1n) is 5.65. The van der Waals surface area contributed by atoms with E-state index < -0.39 is 0 Å². The summed E-state index contributed by atoms with van der Waals surface area (Å²) < 4.78 is 0. The molecule has 2 rings (SSSR count). The number of phenols is 1. The largest absolute Gasteiger partial charge is 0.508 e. The summed E-state index contributed by atoms with van der Waals surface area (Å²) in [7, 11) is 0. The number of thiazole rings is 1. The minimum Gasteiger partial charge on any atom is -0.508 e. The number of rotatable bonds is 4. The number of nitrogens with one attached hydrogen (secondary N) is 1. The quantitative estimate of drug-likeness (QED) is 0.660. The topological polar surface area (TPSA) is 74.6 Å². The average molecular weight is 275 g/mol. The first-order valence-corrected chi connectivity index (χ1v) is 6.53. The van der Waals surface area contributed by atoms with Gasteiger partial charge in [-0.25, -0.2) is 10.4 Å². The summed E-state index contributed by atoms with van der Waals surface area (Å²) in [5, 5.41) is 15.8. The van der Waals surface area contributed by atoms with Crippen molar-refractivity contribution in [2.24, 2.45) is 5.10 Å². The predicted octanol–water partition coefficient (Wildman–Crippen LogP) is 1.85. The van der Waals surface area contributed by atoms with E-state index in [1.807, 2.05) is 12.3 Å². The Labute approximate surface area is 114 Å². The van der Waals surface area contributed by atoms with Crippen LogP contribution in [0.1, 0.15) is 16.3 Å². The lowest BCUT2D eigenvalue weighted by Gasteiger charge is -1.97. The van der Waals surface area contributed by atoms with E-state index in [1.54, 1.807) is 24.3 Å². The van der Waals surface area contributed by atoms with Crippen LogP contribution in [0.25, 0.3) is 0 Å². The van der Waals surface area contributed by atoms with Gasteiger partial charge in [0.05, 0.1) is 23.3 Å². The molecule has 1 amide bonds. The van der Waals surface area contributed by atoms with Gasteiger partial charge in [0.1, 0.15) is 5.75 Å². The molecule has 5 nitrogen and oxygen atoms in total. The summed E-state index contributed by atoms with van der Waals surface area (Å²) in [6, 6.07) is 6.52. The monoisotopic (exact) mass is 275 g/mol. The average Bonchev–Trinajstić information content (AvgIpc) is 2.77. The molecule has 0 atom stereocenters. The molecule has 0 spiro atoms. The Balaban J connectivity index is 1.84. The van der Waals surface area contributed by atoms with E-state index in [0.717, 1.165) is 16.3 Å². The van der Waals surface area contributed by atoms with Crippen molar-refractivity contribution < 1.29 is 9.90 Å². The molecule has 0 saturated carbocycles. The highest BCUT2D eigenvalue weighted by molar-refractivity contribution is 7.09. The van der Waals surface area contributed by atoms with Gasteiger partial charge in [0.2, 0.25) is 5.91 Å². The molecule has 98 valence electrons. The molecule has 1 aromatic heterocycles. The molecule has 0 saturated heterocycles. The molecular formula is C13H13N3O2S. The number of hydrogen-bond acceptors (Lipinski definition) is 5. The second-order valence-electron chi connectivity index (χ2n) is 3.92. The van der Waals surface area contributed by atoms with Gasteiger partial charge in [0.25, 0.3) is 0 Å². The van der Waals surface area contributed by atoms with E-state index in [9.17, 15) is 4.79 Å². The minimum atomic E-state index is -0.208. The number of benzene rings is 1. The first kappa shape index (κ1) is 13.2. The number of carbonyl (C=O) groups excluding carboxylic acids is 1. The van der Waals surface area contributed by atoms with E-state index in [-0.39, 0.29) is 18.1 Å². The van der Waals surface area contributed by atoms with Crippen LogP contribution in [0.3, 0.4) is 0 Å². The van der Waals surface area contributed by atoms with Crippen LogP contribution in [0.5, 0.6) is 5.75 Å². The van der Waals surface area contributed by atoms with Crippen molar-refractivity contribution in [1.82, 2.24) is 10.4 Å². The Hall–Kier alpha value is -2.21. The Morgan fingerprint density at radius 2 is 2.21 bits per heavy atom. The van der Waals surface area contributed by atoms with E-state index in [2.05, 4.69) is 15.5 Å². The molecule has 2 aromatic rings. The summed E-state index contributed by atoms with van der Waals surface area (Å²) in [5.74, 6) is -0.0135. The molecule has 0 fully saturated rings. The zero-order valence-corrected chi connectivity index (χ0v) is 11.1. The van der Waals surface area contributed by atoms with Crippen LogP contribution in [-0.2, 0) is 11.2 Å². The number of nitrogens with zero attached hydrogens (tertiary/aromatic N) is 2. The number of carbonyl (C=O) groups is 1. The predicted molar refractivity (Wildman–Crippen MR) is 74.4 cm³/mol. The van der Waals surface area contributed by atoms with Crippen molar-refractivity contribution in [2.75, 3.05) is 0 Å². The molecule has 0 bridgehead atoms. The number of aryl methyl sites for hydroxylation is 1. The van der Waals surface area contributed by atoms with Crippen LogP contribution in [0.4, 0.5) is 0 Å². The Morgan fingerprint density at radius 1 is 1.47 bits per heavy atom. The lowest BCUT2D eigenvalue weighted by Crippen LogP contribution is -2.19. The van der Waals surface area contributed by atoms with Crippen molar-refractivity contribution in [3.63, 3.8) is 0 Å². The summed E-state index contributed by atoms with van der Waals surface area (Å²) in [6.07, 6.45) is 1.74. The van der Waals surface area contributed by atoms with Crippen molar-refractivity contribution in [3.8, 4) is 5.75 Å². The molecule has 19 heavy (non-hydrogen) atoms. The standard InChI is InChI=1S/C13H13N3O2S/c1-9-15-11(8-19-9)6-13(18)16-14-7-10-2-4-12(17)5-3-10/h2-5,7-8,17H,6H2,1H3,(H,16,18). The molecular weight excluding hydrogens is 262 g/mol. The third-order valence-corrected chi connectivity index (χ3v) is 3.13. The third kappa shape index (κ3) is 4.18. The number of aromatic nitrogens is 1. The van der Waals surface area contributed by atoms with Crippen LogP contribution in [-0.4, -0.2) is 22.2 Å². The first-order chi connectivity index (χ1) is 9.13. The summed E-state index contributed by atoms with van der Waals surface area (Å²) in [6.45, 7) is 1.90. The molecule has 0 radical (unpaired) electrons. The number of hydrogen-bond donors (Lipinski definition) is 2. The number of hydrazone groups is 1. The number of aromatic hydroxyl groups is 1. The van der Waals surface area contributed by atoms with Crippen LogP contribution in [0, 0.1) is 6.92 Å². The van der Waals surface area contributed by atoms with Crippen molar-refractivity contribution in [3.05, 3.63) is 45.9 Å². The number of phenolic OH excluding ortho intramolecular Hbond substituents is 1. The van der Waals surface area contributed by atoms with E-state index in [0.29, 0.717) is 0 Å². The lowest BCUT2D eigenvalue weighted by atomic mass is 10.2. The van der Waals surface area contributed by atoms with E-state index in [4.69, 9.17) is 5.11 Å². The van der Waals surface area contributed by atoms with Crippen molar-refractivity contribution >= 4 is 23.5 Å². The Kier molecular flexibility index (Phi) is 4.25. The minimum absolute atomic E-state index is 0.195. The van der Waals surface area contributed by atoms with Crippen LogP contribution in [0.15, 0.2) is 34.7 Å². The zero-order valence-electron chi connectivity index (χ0n) is 10.3. The van der Waals surface area contributed by atoms with E-state index >= 15 is 0 Å². The fourth-order valence-corrected chi connectivity index (χ4v) is 2.05. The SMILES string of the molecule is Cc1nc(CC(=O)NN=Cc2ccc(O)cc2)cs1. The fraction of sp³-hybridized carbons (Fsp3) is 0.154. The van der Waals surface area contributed by atoms with Gasteiger partial charge < -0.3 is 5.11 Å². The Morgan fingerprint density at radius 3 is 2.84 bits per heavy atom. The fourth-order valence-electron chi connectivity index (χ4n) is 1.43. The third-order valence-electron chi connectivity index (χ3n) is 2.30. The maximum Gasteiger partial charge on any atom is 0.246 e. The highest BCUT2D eigenvalue weighted by atomic mass is 32.1. The van der Waals surface area contributed by atoms with Gasteiger partial charge in [-0.05, 0) is 36.8 Å². The molecule has 0 unspecified atom stereocenters. The van der Waals surface area contributed by atoms with Gasteiger partial charge in [0.15, 0.2) is 0 Å². The Bertz CT molecular complexity index is 590.